The van der Waals surface area contributed by atoms with E-state index in [-0.39, 0.29) is 11.8 Å². The zero-order valence-electron chi connectivity index (χ0n) is 14.0. The third kappa shape index (κ3) is 3.69. The van der Waals surface area contributed by atoms with Crippen LogP contribution in [0, 0.1) is 5.92 Å². The number of alkyl halides is 1. The first-order valence-corrected chi connectivity index (χ1v) is 9.44. The molecule has 1 fully saturated rings. The van der Waals surface area contributed by atoms with Crippen molar-refractivity contribution in [3.63, 3.8) is 0 Å². The lowest BCUT2D eigenvalue weighted by molar-refractivity contribution is 0.0194. The maximum atomic E-state index is 11.9. The molecule has 1 aliphatic rings. The van der Waals surface area contributed by atoms with Crippen molar-refractivity contribution in [3.8, 4) is 0 Å². The van der Waals surface area contributed by atoms with Crippen molar-refractivity contribution < 1.29 is 5.11 Å². The number of hydrogen-bond acceptors (Lipinski definition) is 2. The zero-order valence-corrected chi connectivity index (χ0v) is 15.5. The second kappa shape index (κ2) is 7.77. The van der Waals surface area contributed by atoms with Crippen LogP contribution in [0.15, 0.2) is 53.5 Å². The predicted molar refractivity (Wildman–Crippen MR) is 105 cm³/mol. The third-order valence-corrected chi connectivity index (χ3v) is 5.44. The molecule has 0 bridgehead atoms. The molecule has 0 amide bonds. The lowest BCUT2D eigenvalue weighted by Crippen LogP contribution is -2.35. The molecule has 1 aliphatic carbocycles. The molecule has 0 spiro atoms. The highest BCUT2D eigenvalue weighted by atomic mass is 35.5. The van der Waals surface area contributed by atoms with Gasteiger partial charge in [0.05, 0.1) is 11.6 Å². The van der Waals surface area contributed by atoms with Crippen molar-refractivity contribution in [2.24, 2.45) is 16.6 Å². The maximum absolute atomic E-state index is 11.9. The largest absolute Gasteiger partial charge is 0.386 e. The van der Waals surface area contributed by atoms with Gasteiger partial charge in [0.1, 0.15) is 11.4 Å². The number of aliphatic imine (C=N–C) groups is 1. The SMILES string of the molecule is NC(CCl)=Nc1ccc(Cl)cc1C(O)(c1ccccc1)C1CCCC1. The molecule has 0 aromatic heterocycles. The minimum absolute atomic E-state index is 0.111. The van der Waals surface area contributed by atoms with Crippen LogP contribution >= 0.6 is 23.2 Å². The Labute approximate surface area is 158 Å². The molecule has 0 aliphatic heterocycles. The molecule has 3 nitrogen and oxygen atoms in total. The number of nitrogens with two attached hydrogens (primary N) is 1. The molecular weight excluding hydrogens is 355 g/mol. The van der Waals surface area contributed by atoms with Crippen molar-refractivity contribution in [2.75, 3.05) is 5.88 Å². The summed E-state index contributed by atoms with van der Waals surface area (Å²) in [6.07, 6.45) is 4.16. The molecule has 132 valence electrons. The van der Waals surface area contributed by atoms with E-state index >= 15 is 0 Å². The molecule has 0 radical (unpaired) electrons. The van der Waals surface area contributed by atoms with Gasteiger partial charge >= 0.3 is 0 Å². The summed E-state index contributed by atoms with van der Waals surface area (Å²) in [7, 11) is 0. The summed E-state index contributed by atoms with van der Waals surface area (Å²) in [5.74, 6) is 0.557. The summed E-state index contributed by atoms with van der Waals surface area (Å²) in [6, 6.07) is 15.1. The lowest BCUT2D eigenvalue weighted by Gasteiger charge is -2.36. The van der Waals surface area contributed by atoms with Gasteiger partial charge in [-0.2, -0.15) is 0 Å². The fourth-order valence-electron chi connectivity index (χ4n) is 3.74. The molecule has 25 heavy (non-hydrogen) atoms. The molecule has 0 saturated heterocycles. The van der Waals surface area contributed by atoms with Crippen LogP contribution in [0.5, 0.6) is 0 Å². The Morgan fingerprint density at radius 2 is 1.84 bits per heavy atom. The van der Waals surface area contributed by atoms with E-state index < -0.39 is 5.60 Å². The molecule has 0 heterocycles. The van der Waals surface area contributed by atoms with Crippen LogP contribution in [0.1, 0.15) is 36.8 Å². The van der Waals surface area contributed by atoms with Gasteiger partial charge in [-0.15, -0.1) is 11.6 Å². The van der Waals surface area contributed by atoms with E-state index in [1.807, 2.05) is 30.3 Å². The standard InChI is InChI=1S/C20H22Cl2N2O/c21-13-19(23)24-18-11-10-16(22)12-17(18)20(25,15-8-4-5-9-15)14-6-2-1-3-7-14/h1-3,6-7,10-12,15,25H,4-5,8-9,13H2,(H2,23,24). The molecule has 3 N–H and O–H groups in total. The molecule has 5 heteroatoms. The van der Waals surface area contributed by atoms with Gasteiger partial charge in [0, 0.05) is 10.6 Å². The minimum Gasteiger partial charge on any atom is -0.386 e. The Balaban J connectivity index is 2.22. The Kier molecular flexibility index (Phi) is 5.67. The number of benzene rings is 2. The summed E-state index contributed by atoms with van der Waals surface area (Å²) in [5.41, 5.74) is 6.84. The van der Waals surface area contributed by atoms with Gasteiger partial charge in [0.2, 0.25) is 0 Å². The normalized spacial score (nSPS) is 18.3. The molecule has 1 atom stereocenters. The van der Waals surface area contributed by atoms with Crippen molar-refractivity contribution in [3.05, 3.63) is 64.7 Å². The van der Waals surface area contributed by atoms with Crippen LogP contribution in [0.2, 0.25) is 5.02 Å². The van der Waals surface area contributed by atoms with E-state index in [9.17, 15) is 5.11 Å². The first-order valence-electron chi connectivity index (χ1n) is 8.52. The smallest absolute Gasteiger partial charge is 0.120 e. The Bertz CT molecular complexity index is 758. The van der Waals surface area contributed by atoms with Crippen LogP contribution in [-0.4, -0.2) is 16.8 Å². The molecule has 2 aromatic rings. The summed E-state index contributed by atoms with van der Waals surface area (Å²) in [6.45, 7) is 0. The number of rotatable bonds is 5. The first-order chi connectivity index (χ1) is 12.1. The van der Waals surface area contributed by atoms with Crippen LogP contribution < -0.4 is 5.73 Å². The van der Waals surface area contributed by atoms with E-state index in [1.54, 1.807) is 18.2 Å². The zero-order chi connectivity index (χ0) is 17.9. The van der Waals surface area contributed by atoms with Crippen LogP contribution in [0.4, 0.5) is 5.69 Å². The average molecular weight is 377 g/mol. The molecular formula is C20H22Cl2N2O. The summed E-state index contributed by atoms with van der Waals surface area (Å²) in [4.78, 5) is 4.43. The van der Waals surface area contributed by atoms with Gasteiger partial charge in [-0.1, -0.05) is 54.8 Å². The average Bonchev–Trinajstić information content (AvgIpc) is 3.18. The highest BCUT2D eigenvalue weighted by Gasteiger charge is 2.43. The highest BCUT2D eigenvalue weighted by Crippen LogP contribution is 2.48. The predicted octanol–water partition coefficient (Wildman–Crippen LogP) is 4.99. The van der Waals surface area contributed by atoms with Crippen molar-refractivity contribution in [1.82, 2.24) is 0 Å². The highest BCUT2D eigenvalue weighted by molar-refractivity contribution is 6.30. The number of hydrogen-bond donors (Lipinski definition) is 2. The molecule has 1 unspecified atom stereocenters. The quantitative estimate of drug-likeness (QED) is 0.438. The van der Waals surface area contributed by atoms with Crippen molar-refractivity contribution >= 4 is 34.7 Å². The molecule has 3 rings (SSSR count). The van der Waals surface area contributed by atoms with Gasteiger partial charge in [-0.3, -0.25) is 0 Å². The van der Waals surface area contributed by atoms with Crippen molar-refractivity contribution in [1.29, 1.82) is 0 Å². The number of nitrogens with zero attached hydrogens (tertiary/aromatic N) is 1. The van der Waals surface area contributed by atoms with E-state index in [1.165, 1.54) is 0 Å². The number of aliphatic hydroxyl groups is 1. The minimum atomic E-state index is -1.16. The lowest BCUT2D eigenvalue weighted by atomic mass is 9.74. The van der Waals surface area contributed by atoms with Crippen LogP contribution in [0.3, 0.4) is 0 Å². The van der Waals surface area contributed by atoms with Crippen LogP contribution in [-0.2, 0) is 5.60 Å². The summed E-state index contributed by atoms with van der Waals surface area (Å²) < 4.78 is 0. The van der Waals surface area contributed by atoms with Gasteiger partial charge in [0.15, 0.2) is 0 Å². The van der Waals surface area contributed by atoms with Gasteiger partial charge in [-0.25, -0.2) is 4.99 Å². The topological polar surface area (TPSA) is 58.6 Å². The second-order valence-corrected chi connectivity index (χ2v) is 7.22. The summed E-state index contributed by atoms with van der Waals surface area (Å²) >= 11 is 12.1. The van der Waals surface area contributed by atoms with E-state index in [2.05, 4.69) is 4.99 Å². The first kappa shape index (κ1) is 18.2. The van der Waals surface area contributed by atoms with Gasteiger partial charge in [0.25, 0.3) is 0 Å². The molecule has 1 saturated carbocycles. The van der Waals surface area contributed by atoms with Gasteiger partial charge in [-0.05, 0) is 42.5 Å². The summed E-state index contributed by atoms with van der Waals surface area (Å²) in [5, 5.41) is 12.5. The van der Waals surface area contributed by atoms with Crippen molar-refractivity contribution in [2.45, 2.75) is 31.3 Å². The van der Waals surface area contributed by atoms with E-state index in [4.69, 9.17) is 28.9 Å². The molecule has 2 aromatic carbocycles. The maximum Gasteiger partial charge on any atom is 0.120 e. The van der Waals surface area contributed by atoms with Crippen LogP contribution in [0.25, 0.3) is 0 Å². The van der Waals surface area contributed by atoms with Gasteiger partial charge < -0.3 is 10.8 Å². The fourth-order valence-corrected chi connectivity index (χ4v) is 3.97. The Hall–Kier alpha value is -1.55. The van der Waals surface area contributed by atoms with E-state index in [0.717, 1.165) is 31.2 Å². The third-order valence-electron chi connectivity index (χ3n) is 4.93. The number of amidine groups is 1. The Morgan fingerprint density at radius 3 is 2.48 bits per heavy atom. The number of halogens is 2. The second-order valence-electron chi connectivity index (χ2n) is 6.51. The monoisotopic (exact) mass is 376 g/mol. The Morgan fingerprint density at radius 1 is 1.16 bits per heavy atom. The fraction of sp³-hybridized carbons (Fsp3) is 0.350. The van der Waals surface area contributed by atoms with E-state index in [0.29, 0.717) is 22.1 Å².